The standard InChI is InChI=1S/C10H19F2N3/c1-10(14,8-13)5-3-4-6-15(2)7-9(11)12/h9H,3-7,14H2,1-2H3. The van der Waals surface area contributed by atoms with Crippen LogP contribution in [0.15, 0.2) is 0 Å². The molecule has 0 aliphatic carbocycles. The normalized spacial score (nSPS) is 15.3. The van der Waals surface area contributed by atoms with Crippen LogP contribution in [-0.2, 0) is 0 Å². The van der Waals surface area contributed by atoms with Gasteiger partial charge in [0.15, 0.2) is 0 Å². The van der Waals surface area contributed by atoms with Crippen LogP contribution in [0.3, 0.4) is 0 Å². The molecule has 0 saturated heterocycles. The fourth-order valence-electron chi connectivity index (χ4n) is 1.26. The maximum Gasteiger partial charge on any atom is 0.251 e. The Morgan fingerprint density at radius 1 is 1.47 bits per heavy atom. The van der Waals surface area contributed by atoms with E-state index >= 15 is 0 Å². The SMILES string of the molecule is CN(CCCCC(C)(N)C#N)CC(F)F. The zero-order valence-corrected chi connectivity index (χ0v) is 9.34. The molecule has 0 spiro atoms. The summed E-state index contributed by atoms with van der Waals surface area (Å²) in [4.78, 5) is 1.59. The molecule has 88 valence electrons. The predicted molar refractivity (Wildman–Crippen MR) is 55.6 cm³/mol. The zero-order valence-electron chi connectivity index (χ0n) is 9.34. The highest BCUT2D eigenvalue weighted by Crippen LogP contribution is 2.09. The third-order valence-corrected chi connectivity index (χ3v) is 2.19. The number of rotatable bonds is 7. The summed E-state index contributed by atoms with van der Waals surface area (Å²) < 4.78 is 23.9. The maximum atomic E-state index is 11.9. The van der Waals surface area contributed by atoms with Gasteiger partial charge in [0.1, 0.15) is 5.54 Å². The summed E-state index contributed by atoms with van der Waals surface area (Å²) in [6.07, 6.45) is -0.105. The summed E-state index contributed by atoms with van der Waals surface area (Å²) in [5.74, 6) is 0. The summed E-state index contributed by atoms with van der Waals surface area (Å²) in [7, 11) is 1.66. The van der Waals surface area contributed by atoms with Crippen molar-refractivity contribution < 1.29 is 8.78 Å². The molecule has 0 amide bonds. The van der Waals surface area contributed by atoms with Crippen LogP contribution in [0.2, 0.25) is 0 Å². The van der Waals surface area contributed by atoms with Crippen molar-refractivity contribution in [2.45, 2.75) is 38.2 Å². The molecule has 1 atom stereocenters. The first-order valence-corrected chi connectivity index (χ1v) is 5.04. The van der Waals surface area contributed by atoms with E-state index in [-0.39, 0.29) is 6.54 Å². The molecule has 0 aliphatic rings. The average Bonchev–Trinajstić information content (AvgIpc) is 2.11. The minimum absolute atomic E-state index is 0.196. The number of nitrogens with two attached hydrogens (primary N) is 1. The van der Waals surface area contributed by atoms with Crippen molar-refractivity contribution in [3.63, 3.8) is 0 Å². The Labute approximate surface area is 89.8 Å². The van der Waals surface area contributed by atoms with Gasteiger partial charge < -0.3 is 10.6 Å². The van der Waals surface area contributed by atoms with Gasteiger partial charge in [0.25, 0.3) is 6.43 Å². The molecule has 15 heavy (non-hydrogen) atoms. The van der Waals surface area contributed by atoms with Crippen molar-refractivity contribution in [2.24, 2.45) is 5.73 Å². The lowest BCUT2D eigenvalue weighted by atomic mass is 9.98. The number of nitrogens with zero attached hydrogens (tertiary/aromatic N) is 2. The van der Waals surface area contributed by atoms with Crippen molar-refractivity contribution in [2.75, 3.05) is 20.1 Å². The molecule has 0 aromatic rings. The van der Waals surface area contributed by atoms with Gasteiger partial charge in [-0.05, 0) is 39.8 Å². The first kappa shape index (κ1) is 14.3. The number of hydrogen-bond acceptors (Lipinski definition) is 3. The lowest BCUT2D eigenvalue weighted by Crippen LogP contribution is -2.34. The van der Waals surface area contributed by atoms with Crippen LogP contribution in [0.1, 0.15) is 26.2 Å². The van der Waals surface area contributed by atoms with Crippen molar-refractivity contribution in [3.8, 4) is 6.07 Å². The fourth-order valence-corrected chi connectivity index (χ4v) is 1.26. The van der Waals surface area contributed by atoms with Gasteiger partial charge >= 0.3 is 0 Å². The van der Waals surface area contributed by atoms with Gasteiger partial charge in [-0.15, -0.1) is 0 Å². The average molecular weight is 219 g/mol. The van der Waals surface area contributed by atoms with Gasteiger partial charge in [-0.1, -0.05) is 0 Å². The summed E-state index contributed by atoms with van der Waals surface area (Å²) >= 11 is 0. The Hall–Kier alpha value is -0.730. The third-order valence-electron chi connectivity index (χ3n) is 2.19. The molecule has 3 nitrogen and oxygen atoms in total. The highest BCUT2D eigenvalue weighted by Gasteiger charge is 2.16. The molecular weight excluding hydrogens is 200 g/mol. The van der Waals surface area contributed by atoms with Gasteiger partial charge in [0.05, 0.1) is 12.6 Å². The van der Waals surface area contributed by atoms with E-state index in [1.165, 1.54) is 0 Å². The Balaban J connectivity index is 3.51. The van der Waals surface area contributed by atoms with Crippen LogP contribution in [0.25, 0.3) is 0 Å². The first-order chi connectivity index (χ1) is 6.87. The Bertz CT molecular complexity index is 211. The van der Waals surface area contributed by atoms with Gasteiger partial charge in [-0.25, -0.2) is 8.78 Å². The second-order valence-corrected chi connectivity index (χ2v) is 4.14. The molecule has 0 radical (unpaired) electrons. The molecular formula is C10H19F2N3. The van der Waals surface area contributed by atoms with Crippen molar-refractivity contribution in [1.82, 2.24) is 4.90 Å². The molecule has 0 saturated carbocycles. The molecule has 0 heterocycles. The number of halogens is 2. The lowest BCUT2D eigenvalue weighted by molar-refractivity contribution is 0.0994. The van der Waals surface area contributed by atoms with Gasteiger partial charge in [-0.3, -0.25) is 0 Å². The highest BCUT2D eigenvalue weighted by molar-refractivity contribution is 5.00. The summed E-state index contributed by atoms with van der Waals surface area (Å²) in [6.45, 7) is 2.10. The van der Waals surface area contributed by atoms with Crippen LogP contribution >= 0.6 is 0 Å². The van der Waals surface area contributed by atoms with E-state index in [1.54, 1.807) is 18.9 Å². The van der Waals surface area contributed by atoms with E-state index in [9.17, 15) is 8.78 Å². The summed E-state index contributed by atoms with van der Waals surface area (Å²) in [5.41, 5.74) is 4.83. The molecule has 2 N–H and O–H groups in total. The zero-order chi connectivity index (χ0) is 11.9. The molecule has 0 aliphatic heterocycles. The lowest BCUT2D eigenvalue weighted by Gasteiger charge is -2.18. The second-order valence-electron chi connectivity index (χ2n) is 4.14. The molecule has 5 heteroatoms. The smallest absolute Gasteiger partial charge is 0.251 e. The van der Waals surface area contributed by atoms with E-state index in [2.05, 4.69) is 0 Å². The third kappa shape index (κ3) is 8.28. The fraction of sp³-hybridized carbons (Fsp3) is 0.900. The maximum absolute atomic E-state index is 11.9. The minimum Gasteiger partial charge on any atom is -0.314 e. The van der Waals surface area contributed by atoms with Gasteiger partial charge in [0, 0.05) is 0 Å². The monoisotopic (exact) mass is 219 g/mol. The van der Waals surface area contributed by atoms with Crippen LogP contribution in [-0.4, -0.2) is 37.0 Å². The van der Waals surface area contributed by atoms with Crippen LogP contribution in [0.4, 0.5) is 8.78 Å². The van der Waals surface area contributed by atoms with Gasteiger partial charge in [-0.2, -0.15) is 5.26 Å². The van der Waals surface area contributed by atoms with Crippen LogP contribution in [0, 0.1) is 11.3 Å². The molecule has 0 bridgehead atoms. The predicted octanol–water partition coefficient (Wildman–Crippen LogP) is 1.59. The number of alkyl halides is 2. The van der Waals surface area contributed by atoms with Crippen LogP contribution < -0.4 is 5.73 Å². The van der Waals surface area contributed by atoms with E-state index in [0.29, 0.717) is 13.0 Å². The number of unbranched alkanes of at least 4 members (excludes halogenated alkanes) is 1. The van der Waals surface area contributed by atoms with Crippen LogP contribution in [0.5, 0.6) is 0 Å². The van der Waals surface area contributed by atoms with E-state index in [1.807, 2.05) is 6.07 Å². The Kier molecular flexibility index (Phi) is 6.37. The van der Waals surface area contributed by atoms with Crippen molar-refractivity contribution in [1.29, 1.82) is 5.26 Å². The minimum atomic E-state index is -2.28. The molecule has 0 fully saturated rings. The summed E-state index contributed by atoms with van der Waals surface area (Å²) in [5, 5.41) is 8.64. The number of nitriles is 1. The van der Waals surface area contributed by atoms with Crippen molar-refractivity contribution >= 4 is 0 Å². The largest absolute Gasteiger partial charge is 0.314 e. The topological polar surface area (TPSA) is 53.0 Å². The number of hydrogen-bond donors (Lipinski definition) is 1. The summed E-state index contributed by atoms with van der Waals surface area (Å²) in [6, 6.07) is 2.01. The second kappa shape index (κ2) is 6.70. The van der Waals surface area contributed by atoms with E-state index < -0.39 is 12.0 Å². The quantitative estimate of drug-likeness (QED) is 0.662. The Morgan fingerprint density at radius 2 is 2.07 bits per heavy atom. The molecule has 0 aromatic carbocycles. The molecule has 1 unspecified atom stereocenters. The van der Waals surface area contributed by atoms with E-state index in [0.717, 1.165) is 12.8 Å². The first-order valence-electron chi connectivity index (χ1n) is 5.04. The molecule has 0 aromatic heterocycles. The van der Waals surface area contributed by atoms with Gasteiger partial charge in [0.2, 0.25) is 0 Å². The molecule has 0 rings (SSSR count). The van der Waals surface area contributed by atoms with Crippen molar-refractivity contribution in [3.05, 3.63) is 0 Å². The van der Waals surface area contributed by atoms with E-state index in [4.69, 9.17) is 11.0 Å². The highest BCUT2D eigenvalue weighted by atomic mass is 19.3. The Morgan fingerprint density at radius 3 is 2.53 bits per heavy atom.